The van der Waals surface area contributed by atoms with E-state index < -0.39 is 0 Å². The second-order valence-electron chi connectivity index (χ2n) is 6.93. The van der Waals surface area contributed by atoms with Crippen molar-refractivity contribution in [3.63, 3.8) is 0 Å². The maximum absolute atomic E-state index is 3.69. The van der Waals surface area contributed by atoms with E-state index in [1.807, 2.05) is 0 Å². The van der Waals surface area contributed by atoms with Crippen LogP contribution in [0, 0.1) is 0 Å². The minimum atomic E-state index is 0.562. The van der Waals surface area contributed by atoms with Crippen LogP contribution in [0.3, 0.4) is 0 Å². The largest absolute Gasteiger partial charge is 0.311 e. The molecule has 1 N–H and O–H groups in total. The normalized spacial score (nSPS) is 29.8. The number of benzene rings is 1. The Bertz CT molecular complexity index is 409. The quantitative estimate of drug-likeness (QED) is 0.879. The van der Waals surface area contributed by atoms with Gasteiger partial charge in [-0.05, 0) is 25.3 Å². The Labute approximate surface area is 129 Å². The van der Waals surface area contributed by atoms with Gasteiger partial charge >= 0.3 is 0 Å². The summed E-state index contributed by atoms with van der Waals surface area (Å²) in [4.78, 5) is 2.82. The first kappa shape index (κ1) is 15.1. The van der Waals surface area contributed by atoms with Crippen LogP contribution >= 0.6 is 0 Å². The summed E-state index contributed by atoms with van der Waals surface area (Å²) in [5.41, 5.74) is 1.49. The van der Waals surface area contributed by atoms with Crippen molar-refractivity contribution in [1.82, 2.24) is 10.2 Å². The molecule has 0 spiro atoms. The summed E-state index contributed by atoms with van der Waals surface area (Å²) >= 11 is 0. The highest BCUT2D eigenvalue weighted by atomic mass is 15.3. The summed E-state index contributed by atoms with van der Waals surface area (Å²) in [7, 11) is 0. The van der Waals surface area contributed by atoms with E-state index in [-0.39, 0.29) is 0 Å². The van der Waals surface area contributed by atoms with E-state index in [9.17, 15) is 0 Å². The molecule has 1 aliphatic carbocycles. The first-order valence-corrected chi connectivity index (χ1v) is 8.88. The first-order valence-electron chi connectivity index (χ1n) is 8.88. The molecular weight excluding hydrogens is 256 g/mol. The van der Waals surface area contributed by atoms with Gasteiger partial charge in [0, 0.05) is 31.2 Å². The summed E-state index contributed by atoms with van der Waals surface area (Å²) in [5, 5.41) is 3.69. The summed E-state index contributed by atoms with van der Waals surface area (Å²) in [6.45, 7) is 4.63. The second kappa shape index (κ2) is 7.42. The van der Waals surface area contributed by atoms with E-state index in [1.54, 1.807) is 0 Å². The summed E-state index contributed by atoms with van der Waals surface area (Å²) in [6.07, 6.45) is 9.97. The zero-order valence-electron chi connectivity index (χ0n) is 13.4. The number of rotatable bonds is 2. The molecule has 2 heteroatoms. The van der Waals surface area contributed by atoms with Gasteiger partial charge in [-0.1, -0.05) is 62.4 Å². The molecular formula is C19H30N2. The third-order valence-corrected chi connectivity index (χ3v) is 5.27. The molecule has 2 nitrogen and oxygen atoms in total. The van der Waals surface area contributed by atoms with Crippen LogP contribution in [0.4, 0.5) is 0 Å². The van der Waals surface area contributed by atoms with Crippen molar-refractivity contribution < 1.29 is 0 Å². The van der Waals surface area contributed by atoms with Crippen molar-refractivity contribution in [2.75, 3.05) is 13.1 Å². The predicted molar refractivity (Wildman–Crippen MR) is 89.5 cm³/mol. The summed E-state index contributed by atoms with van der Waals surface area (Å²) < 4.78 is 0. The molecule has 1 saturated carbocycles. The van der Waals surface area contributed by atoms with Crippen LogP contribution in [-0.4, -0.2) is 30.1 Å². The van der Waals surface area contributed by atoms with E-state index in [0.717, 1.165) is 12.6 Å². The Kier molecular flexibility index (Phi) is 5.32. The lowest BCUT2D eigenvalue weighted by Crippen LogP contribution is -2.54. The summed E-state index contributed by atoms with van der Waals surface area (Å²) in [6, 6.07) is 13.1. The van der Waals surface area contributed by atoms with Crippen LogP contribution in [0.15, 0.2) is 30.3 Å². The topological polar surface area (TPSA) is 15.3 Å². The van der Waals surface area contributed by atoms with Crippen LogP contribution in [0.5, 0.6) is 0 Å². The van der Waals surface area contributed by atoms with Crippen molar-refractivity contribution in [3.8, 4) is 0 Å². The molecule has 0 aromatic heterocycles. The molecule has 1 aliphatic heterocycles. The highest BCUT2D eigenvalue weighted by Crippen LogP contribution is 2.31. The van der Waals surface area contributed by atoms with E-state index >= 15 is 0 Å². The highest BCUT2D eigenvalue weighted by molar-refractivity contribution is 5.20. The zero-order valence-corrected chi connectivity index (χ0v) is 13.4. The van der Waals surface area contributed by atoms with Crippen molar-refractivity contribution >= 4 is 0 Å². The SMILES string of the molecule is CC1CN(C2CCCCCCC2)C(c2ccccc2)CN1. The maximum atomic E-state index is 3.69. The van der Waals surface area contributed by atoms with E-state index in [0.29, 0.717) is 12.1 Å². The fourth-order valence-electron chi connectivity index (χ4n) is 4.09. The third-order valence-electron chi connectivity index (χ3n) is 5.27. The number of hydrogen-bond acceptors (Lipinski definition) is 2. The average molecular weight is 286 g/mol. The minimum Gasteiger partial charge on any atom is -0.311 e. The third kappa shape index (κ3) is 3.87. The fourth-order valence-corrected chi connectivity index (χ4v) is 4.09. The highest BCUT2D eigenvalue weighted by Gasteiger charge is 2.32. The predicted octanol–water partition coefficient (Wildman–Crippen LogP) is 4.13. The minimum absolute atomic E-state index is 0.562. The number of nitrogens with one attached hydrogen (secondary N) is 1. The molecule has 2 atom stereocenters. The number of piperazine rings is 1. The van der Waals surface area contributed by atoms with Crippen LogP contribution in [0.1, 0.15) is 63.5 Å². The van der Waals surface area contributed by atoms with Gasteiger partial charge in [0.1, 0.15) is 0 Å². The van der Waals surface area contributed by atoms with Crippen LogP contribution in [0.25, 0.3) is 0 Å². The molecule has 21 heavy (non-hydrogen) atoms. The number of nitrogens with zero attached hydrogens (tertiary/aromatic N) is 1. The van der Waals surface area contributed by atoms with Gasteiger partial charge in [-0.25, -0.2) is 0 Å². The molecule has 1 aromatic carbocycles. The summed E-state index contributed by atoms with van der Waals surface area (Å²) in [5.74, 6) is 0. The standard InChI is InChI=1S/C19H30N2/c1-16-15-21(18-12-8-3-2-4-9-13-18)19(14-20-16)17-10-6-5-7-11-17/h5-7,10-11,16,18-20H,2-4,8-9,12-15H2,1H3. The molecule has 2 aliphatic rings. The van der Waals surface area contributed by atoms with Gasteiger partial charge < -0.3 is 5.32 Å². The van der Waals surface area contributed by atoms with Gasteiger partial charge in [-0.2, -0.15) is 0 Å². The van der Waals surface area contributed by atoms with Gasteiger partial charge in [-0.3, -0.25) is 4.90 Å². The fraction of sp³-hybridized carbons (Fsp3) is 0.684. The Morgan fingerprint density at radius 2 is 1.62 bits per heavy atom. The van der Waals surface area contributed by atoms with E-state index in [4.69, 9.17) is 0 Å². The van der Waals surface area contributed by atoms with Crippen molar-refractivity contribution in [1.29, 1.82) is 0 Å². The molecule has 1 aromatic rings. The van der Waals surface area contributed by atoms with Gasteiger partial charge in [0.25, 0.3) is 0 Å². The van der Waals surface area contributed by atoms with Crippen LogP contribution in [0.2, 0.25) is 0 Å². The smallest absolute Gasteiger partial charge is 0.0476 e. The molecule has 3 rings (SSSR count). The lowest BCUT2D eigenvalue weighted by molar-refractivity contribution is 0.0701. The Hall–Kier alpha value is -0.860. The second-order valence-corrected chi connectivity index (χ2v) is 6.93. The molecule has 1 saturated heterocycles. The zero-order chi connectivity index (χ0) is 14.5. The van der Waals surface area contributed by atoms with Crippen molar-refractivity contribution in [3.05, 3.63) is 35.9 Å². The maximum Gasteiger partial charge on any atom is 0.0476 e. The molecule has 116 valence electrons. The number of hydrogen-bond donors (Lipinski definition) is 1. The Morgan fingerprint density at radius 3 is 2.33 bits per heavy atom. The molecule has 1 heterocycles. The Balaban J connectivity index is 1.77. The Morgan fingerprint density at radius 1 is 0.952 bits per heavy atom. The van der Waals surface area contributed by atoms with Gasteiger partial charge in [0.05, 0.1) is 0 Å². The molecule has 0 amide bonds. The van der Waals surface area contributed by atoms with Crippen molar-refractivity contribution in [2.45, 2.75) is 70.0 Å². The average Bonchev–Trinajstić information content (AvgIpc) is 2.48. The van der Waals surface area contributed by atoms with E-state index in [1.165, 1.54) is 57.1 Å². The molecule has 0 radical (unpaired) electrons. The van der Waals surface area contributed by atoms with Gasteiger partial charge in [0.15, 0.2) is 0 Å². The van der Waals surface area contributed by atoms with Crippen molar-refractivity contribution in [2.24, 2.45) is 0 Å². The van der Waals surface area contributed by atoms with Crippen LogP contribution < -0.4 is 5.32 Å². The molecule has 2 unspecified atom stereocenters. The molecule has 0 bridgehead atoms. The first-order chi connectivity index (χ1) is 10.3. The monoisotopic (exact) mass is 286 g/mol. The van der Waals surface area contributed by atoms with Gasteiger partial charge in [0.2, 0.25) is 0 Å². The lowest BCUT2D eigenvalue weighted by atomic mass is 9.91. The van der Waals surface area contributed by atoms with E-state index in [2.05, 4.69) is 47.5 Å². The lowest BCUT2D eigenvalue weighted by Gasteiger charge is -2.45. The van der Waals surface area contributed by atoms with Crippen LogP contribution in [-0.2, 0) is 0 Å². The molecule has 2 fully saturated rings. The van der Waals surface area contributed by atoms with Gasteiger partial charge in [-0.15, -0.1) is 0 Å².